The molecule has 0 N–H and O–H groups in total. The smallest absolute Gasteiger partial charge is 0.410 e. The minimum atomic E-state index is -0.724. The molecular weight excluding hydrogens is 536 g/mol. The maximum Gasteiger partial charge on any atom is 0.410 e. The van der Waals surface area contributed by atoms with Gasteiger partial charge in [0, 0.05) is 76.7 Å². The van der Waals surface area contributed by atoms with Gasteiger partial charge in [-0.15, -0.1) is 0 Å². The van der Waals surface area contributed by atoms with Gasteiger partial charge in [-0.05, 0) is 43.7 Å². The van der Waals surface area contributed by atoms with Crippen LogP contribution < -0.4 is 0 Å². The van der Waals surface area contributed by atoms with Crippen molar-refractivity contribution >= 4 is 18.1 Å². The van der Waals surface area contributed by atoms with Crippen molar-refractivity contribution in [3.05, 3.63) is 34.9 Å². The van der Waals surface area contributed by atoms with E-state index in [4.69, 9.17) is 14.7 Å². The molecule has 1 aromatic rings. The summed E-state index contributed by atoms with van der Waals surface area (Å²) in [6.45, 7) is 4.28. The van der Waals surface area contributed by atoms with E-state index in [9.17, 15) is 23.2 Å². The Morgan fingerprint density at radius 1 is 1.02 bits per heavy atom. The molecule has 5 rings (SSSR count). The number of nitriles is 1. The number of piperidine rings is 1. The first-order chi connectivity index (χ1) is 19.7. The highest BCUT2D eigenvalue weighted by atomic mass is 19.1. The van der Waals surface area contributed by atoms with Crippen molar-refractivity contribution < 1.29 is 32.6 Å². The predicted octanol–water partition coefficient (Wildman–Crippen LogP) is 3.34. The van der Waals surface area contributed by atoms with Crippen molar-refractivity contribution in [3.8, 4) is 6.07 Å². The van der Waals surface area contributed by atoms with Gasteiger partial charge in [0.2, 0.25) is 5.91 Å². The highest BCUT2D eigenvalue weighted by molar-refractivity contribution is 5.79. The zero-order chi connectivity index (χ0) is 29.1. The van der Waals surface area contributed by atoms with Gasteiger partial charge in [0.05, 0.1) is 25.3 Å². The van der Waals surface area contributed by atoms with E-state index < -0.39 is 17.2 Å². The molecule has 3 saturated heterocycles. The number of amides is 3. The molecule has 3 aliphatic heterocycles. The third kappa shape index (κ3) is 6.40. The van der Waals surface area contributed by atoms with Crippen LogP contribution in [0.4, 0.5) is 18.4 Å². The highest BCUT2D eigenvalue weighted by Crippen LogP contribution is 2.37. The lowest BCUT2D eigenvalue weighted by Gasteiger charge is -2.38. The van der Waals surface area contributed by atoms with Gasteiger partial charge in [-0.2, -0.15) is 5.26 Å². The molecule has 4 fully saturated rings. The number of halogens is 2. The summed E-state index contributed by atoms with van der Waals surface area (Å²) in [6, 6.07) is 3.86. The maximum absolute atomic E-state index is 14.4. The fourth-order valence-electron chi connectivity index (χ4n) is 6.65. The van der Waals surface area contributed by atoms with E-state index in [0.29, 0.717) is 71.1 Å². The second kappa shape index (κ2) is 12.2. The first kappa shape index (κ1) is 29.0. The van der Waals surface area contributed by atoms with Gasteiger partial charge in [0.1, 0.15) is 17.2 Å². The summed E-state index contributed by atoms with van der Waals surface area (Å²) >= 11 is 0. The van der Waals surface area contributed by atoms with Gasteiger partial charge >= 0.3 is 12.2 Å². The Balaban J connectivity index is 1.06. The molecule has 0 radical (unpaired) electrons. The summed E-state index contributed by atoms with van der Waals surface area (Å²) < 4.78 is 39.3. The molecule has 3 amide bonds. The topological polar surface area (TPSA) is 106 Å². The predicted molar refractivity (Wildman–Crippen MR) is 142 cm³/mol. The Kier molecular flexibility index (Phi) is 8.63. The molecule has 0 atom stereocenters. The summed E-state index contributed by atoms with van der Waals surface area (Å²) in [5.41, 5.74) is -0.688. The minimum Gasteiger partial charge on any atom is -0.453 e. The number of benzene rings is 1. The molecule has 1 aliphatic carbocycles. The van der Waals surface area contributed by atoms with Crippen molar-refractivity contribution in [2.45, 2.75) is 50.7 Å². The van der Waals surface area contributed by atoms with Crippen LogP contribution in [-0.4, -0.2) is 103 Å². The Morgan fingerprint density at radius 3 is 2.22 bits per heavy atom. The van der Waals surface area contributed by atoms with E-state index in [2.05, 4.69) is 0 Å². The van der Waals surface area contributed by atoms with E-state index in [1.165, 1.54) is 7.11 Å². The summed E-state index contributed by atoms with van der Waals surface area (Å²) in [5, 5.41) is 8.91. The molecular formula is C29H37F2N5O5. The zero-order valence-corrected chi connectivity index (χ0v) is 23.4. The van der Waals surface area contributed by atoms with Crippen molar-refractivity contribution in [1.82, 2.24) is 19.6 Å². The van der Waals surface area contributed by atoms with E-state index in [1.807, 2.05) is 9.80 Å². The monoisotopic (exact) mass is 573 g/mol. The van der Waals surface area contributed by atoms with Gasteiger partial charge in [-0.25, -0.2) is 18.4 Å². The van der Waals surface area contributed by atoms with Gasteiger partial charge < -0.3 is 24.2 Å². The van der Waals surface area contributed by atoms with Gasteiger partial charge in [-0.1, -0.05) is 0 Å². The van der Waals surface area contributed by atoms with E-state index in [0.717, 1.165) is 37.8 Å². The molecule has 222 valence electrons. The lowest BCUT2D eigenvalue weighted by atomic mass is 9.81. The number of rotatable bonds is 5. The van der Waals surface area contributed by atoms with Crippen LogP contribution in [0.3, 0.4) is 0 Å². The van der Waals surface area contributed by atoms with Crippen molar-refractivity contribution in [2.24, 2.45) is 11.8 Å². The third-order valence-corrected chi connectivity index (χ3v) is 9.16. The molecule has 1 saturated carbocycles. The molecule has 1 aromatic carbocycles. The van der Waals surface area contributed by atoms with E-state index in [1.54, 1.807) is 15.9 Å². The Labute approximate surface area is 238 Å². The first-order valence-electron chi connectivity index (χ1n) is 14.4. The normalized spacial score (nSPS) is 24.7. The number of carbonyl (C=O) groups excluding carboxylic acids is 3. The molecule has 0 bridgehead atoms. The quantitative estimate of drug-likeness (QED) is 0.532. The lowest BCUT2D eigenvalue weighted by Crippen LogP contribution is -2.52. The number of likely N-dealkylation sites (tertiary alicyclic amines) is 1. The van der Waals surface area contributed by atoms with Gasteiger partial charge in [-0.3, -0.25) is 9.69 Å². The summed E-state index contributed by atoms with van der Waals surface area (Å²) in [5.74, 6) is -1.01. The van der Waals surface area contributed by atoms with Crippen LogP contribution in [0, 0.1) is 34.8 Å². The molecule has 0 aromatic heterocycles. The van der Waals surface area contributed by atoms with E-state index >= 15 is 0 Å². The third-order valence-electron chi connectivity index (χ3n) is 9.16. The fraction of sp³-hybridized carbons (Fsp3) is 0.655. The van der Waals surface area contributed by atoms with Crippen LogP contribution in [-0.2, 0) is 20.8 Å². The van der Waals surface area contributed by atoms with E-state index in [-0.39, 0.29) is 41.7 Å². The average Bonchev–Trinajstić information content (AvgIpc) is 3.29. The number of ether oxygens (including phenoxy) is 2. The number of hydrogen-bond acceptors (Lipinski definition) is 7. The van der Waals surface area contributed by atoms with Gasteiger partial charge in [0.25, 0.3) is 0 Å². The second-order valence-corrected chi connectivity index (χ2v) is 11.7. The average molecular weight is 574 g/mol. The van der Waals surface area contributed by atoms with Crippen molar-refractivity contribution in [3.63, 3.8) is 0 Å². The number of carbonyl (C=O) groups is 3. The molecule has 41 heavy (non-hydrogen) atoms. The van der Waals surface area contributed by atoms with Crippen LogP contribution in [0.5, 0.6) is 0 Å². The van der Waals surface area contributed by atoms with Crippen LogP contribution >= 0.6 is 0 Å². The number of piperazine rings is 1. The standard InChI is InChI=1S/C29H37F2N5O5/c1-40-27(38)35-12-10-34(11-13-35)26(37)22-4-2-20(3-5-22)17-36-19-29(41-28(36)39)6-8-33(9-7-29)18-23-24(30)14-21(16-32)15-25(23)31/h14-15,20,22H,2-13,17-19H2,1H3. The number of hydrogen-bond donors (Lipinski definition) is 0. The SMILES string of the molecule is COC(=O)N1CCN(C(=O)C2CCC(CN3CC4(CCN(Cc5c(F)cc(C#N)cc5F)CC4)OC3=O)CC2)CC1. The number of methoxy groups -OCH3 is 1. The van der Waals surface area contributed by atoms with Gasteiger partial charge in [0.15, 0.2) is 0 Å². The summed E-state index contributed by atoms with van der Waals surface area (Å²) in [6.07, 6.45) is 3.79. The Hall–Kier alpha value is -3.46. The van der Waals surface area contributed by atoms with Crippen LogP contribution in [0.1, 0.15) is 49.7 Å². The fourth-order valence-corrected chi connectivity index (χ4v) is 6.65. The maximum atomic E-state index is 14.4. The van der Waals surface area contributed by atoms with Crippen LogP contribution in [0.15, 0.2) is 12.1 Å². The van der Waals surface area contributed by atoms with Crippen LogP contribution in [0.25, 0.3) is 0 Å². The number of nitrogens with zero attached hydrogens (tertiary/aromatic N) is 5. The minimum absolute atomic E-state index is 0.0251. The first-order valence-corrected chi connectivity index (χ1v) is 14.4. The lowest BCUT2D eigenvalue weighted by molar-refractivity contribution is -0.138. The molecule has 1 spiro atoms. The van der Waals surface area contributed by atoms with Crippen molar-refractivity contribution in [2.75, 3.05) is 59.5 Å². The highest BCUT2D eigenvalue weighted by Gasteiger charge is 2.47. The molecule has 4 aliphatic rings. The molecule has 10 nitrogen and oxygen atoms in total. The molecule has 12 heteroatoms. The molecule has 3 heterocycles. The Morgan fingerprint density at radius 2 is 1.63 bits per heavy atom. The van der Waals surface area contributed by atoms with Crippen molar-refractivity contribution in [1.29, 1.82) is 5.26 Å². The zero-order valence-electron chi connectivity index (χ0n) is 23.4. The van der Waals surface area contributed by atoms with Crippen LogP contribution in [0.2, 0.25) is 0 Å². The summed E-state index contributed by atoms with van der Waals surface area (Å²) in [4.78, 5) is 44.7. The second-order valence-electron chi connectivity index (χ2n) is 11.7. The molecule has 0 unspecified atom stereocenters. The Bertz CT molecular complexity index is 1180. The summed E-state index contributed by atoms with van der Waals surface area (Å²) in [7, 11) is 1.36. The largest absolute Gasteiger partial charge is 0.453 e.